The molecule has 1 amide bonds. The molecule has 5 rings (SSSR count). The van der Waals surface area contributed by atoms with Gasteiger partial charge in [-0.2, -0.15) is 0 Å². The number of pyridine rings is 1. The second kappa shape index (κ2) is 8.68. The first kappa shape index (κ1) is 24.9. The number of carboxylic acid groups (broad SMARTS) is 1. The first-order valence-corrected chi connectivity index (χ1v) is 11.9. The van der Waals surface area contributed by atoms with Gasteiger partial charge in [0.05, 0.1) is 18.1 Å². The Labute approximate surface area is 211 Å². The van der Waals surface area contributed by atoms with Crippen LogP contribution in [0.2, 0.25) is 0 Å². The average molecular weight is 521 g/mol. The molecule has 1 aromatic heterocycles. The van der Waals surface area contributed by atoms with Gasteiger partial charge in [0.2, 0.25) is 11.2 Å². The molecule has 0 spiro atoms. The molecule has 200 valence electrons. The monoisotopic (exact) mass is 520 g/mol. The van der Waals surface area contributed by atoms with E-state index in [1.807, 2.05) is 4.90 Å². The second-order valence-electron chi connectivity index (χ2n) is 10.5. The topological polar surface area (TPSA) is 132 Å². The molecule has 4 heterocycles. The highest BCUT2D eigenvalue weighted by Gasteiger charge is 2.52. The van der Waals surface area contributed by atoms with E-state index in [0.717, 1.165) is 12.5 Å². The molecule has 37 heavy (non-hydrogen) atoms. The predicted molar refractivity (Wildman–Crippen MR) is 130 cm³/mol. The number of benzene rings is 1. The minimum Gasteiger partial charge on any atom is -0.467 e. The number of alkyl carbamates (subject to hydrolysis) is 1. The van der Waals surface area contributed by atoms with Gasteiger partial charge in [-0.25, -0.2) is 14.0 Å². The lowest BCUT2D eigenvalue weighted by molar-refractivity contribution is -0.000288. The molecule has 0 radical (unpaired) electrons. The van der Waals surface area contributed by atoms with Crippen LogP contribution in [-0.4, -0.2) is 73.3 Å². The summed E-state index contributed by atoms with van der Waals surface area (Å²) in [7, 11) is 1.67. The molecule has 2 fully saturated rings. The van der Waals surface area contributed by atoms with Crippen LogP contribution < -0.4 is 30.1 Å². The fourth-order valence-corrected chi connectivity index (χ4v) is 5.29. The van der Waals surface area contributed by atoms with Gasteiger partial charge in [0.15, 0.2) is 18.3 Å². The summed E-state index contributed by atoms with van der Waals surface area (Å²) >= 11 is 0. The van der Waals surface area contributed by atoms with E-state index in [-0.39, 0.29) is 42.6 Å². The summed E-state index contributed by atoms with van der Waals surface area (Å²) in [5.74, 6) is -0.951. The Hall–Kier alpha value is -3.74. The zero-order chi connectivity index (χ0) is 26.7. The van der Waals surface area contributed by atoms with Gasteiger partial charge in [0, 0.05) is 32.7 Å². The summed E-state index contributed by atoms with van der Waals surface area (Å²) in [4.78, 5) is 38.1. The van der Waals surface area contributed by atoms with Gasteiger partial charge in [-0.1, -0.05) is 0 Å². The molecule has 13 heteroatoms. The number of hydrogen-bond donors (Lipinski definition) is 2. The molecule has 2 unspecified atom stereocenters. The zero-order valence-electron chi connectivity index (χ0n) is 21.0. The van der Waals surface area contributed by atoms with Crippen LogP contribution in [0.4, 0.5) is 19.7 Å². The zero-order valence-corrected chi connectivity index (χ0v) is 21.0. The third kappa shape index (κ3) is 4.37. The molecule has 2 atom stereocenters. The quantitative estimate of drug-likeness (QED) is 0.579. The highest BCUT2D eigenvalue weighted by Crippen LogP contribution is 2.46. The smallest absolute Gasteiger partial charge is 0.467 e. The molecule has 3 aliphatic rings. The molecule has 0 saturated carbocycles. The molecule has 2 N–H and O–H groups in total. The number of rotatable bonds is 4. The van der Waals surface area contributed by atoms with Crippen molar-refractivity contribution in [1.29, 1.82) is 0 Å². The van der Waals surface area contributed by atoms with E-state index in [2.05, 4.69) is 10.1 Å². The highest BCUT2D eigenvalue weighted by molar-refractivity contribution is 5.93. The van der Waals surface area contributed by atoms with Crippen LogP contribution in [0.25, 0.3) is 10.9 Å². The van der Waals surface area contributed by atoms with Crippen LogP contribution in [0.15, 0.2) is 17.1 Å². The van der Waals surface area contributed by atoms with Gasteiger partial charge in [-0.3, -0.25) is 14.5 Å². The lowest BCUT2D eigenvalue weighted by Crippen LogP contribution is -2.49. The maximum absolute atomic E-state index is 15.7. The highest BCUT2D eigenvalue weighted by atomic mass is 19.1. The van der Waals surface area contributed by atoms with E-state index in [4.69, 9.17) is 19.3 Å². The number of nitrogens with zero attached hydrogens (tertiary/aromatic N) is 3. The standard InChI is InChI=1S/C24H29FN4O8/c1-23(2,3)37-21(31)26-10-24-11-28(8-13(24)5-6-35-24)18-15(25)7-14-17-20(18)34-12-27(4)29(17)9-16(19(14)30)36-22(32)33/h7,9,13H,5-6,8,10-12H2,1-4H3,(H,26,31)(H,32,33). The number of amides is 1. The van der Waals surface area contributed by atoms with Crippen molar-refractivity contribution in [2.75, 3.05) is 49.9 Å². The first-order chi connectivity index (χ1) is 17.4. The molecule has 0 aliphatic carbocycles. The Morgan fingerprint density at radius 1 is 1.35 bits per heavy atom. The first-order valence-electron chi connectivity index (χ1n) is 11.9. The number of nitrogens with one attached hydrogen (secondary N) is 1. The Kier molecular flexibility index (Phi) is 5.85. The van der Waals surface area contributed by atoms with Gasteiger partial charge in [-0.15, -0.1) is 0 Å². The fraction of sp³-hybridized carbons (Fsp3) is 0.542. The van der Waals surface area contributed by atoms with Gasteiger partial charge in [-0.05, 0) is 33.3 Å². The minimum atomic E-state index is -1.65. The fourth-order valence-electron chi connectivity index (χ4n) is 5.29. The number of ether oxygens (including phenoxy) is 4. The lowest BCUT2D eigenvalue weighted by atomic mass is 9.91. The van der Waals surface area contributed by atoms with E-state index in [1.165, 1.54) is 10.9 Å². The summed E-state index contributed by atoms with van der Waals surface area (Å²) in [6.07, 6.45) is -0.219. The SMILES string of the molecule is CN1COc2c(N3CC4CCOC4(CNC(=O)OC(C)(C)C)C3)c(F)cc3c(=O)c(OC(=O)O)cn1c23. The van der Waals surface area contributed by atoms with Crippen LogP contribution in [-0.2, 0) is 9.47 Å². The third-order valence-corrected chi connectivity index (χ3v) is 6.83. The van der Waals surface area contributed by atoms with Crippen molar-refractivity contribution in [3.05, 3.63) is 28.3 Å². The van der Waals surface area contributed by atoms with Crippen LogP contribution in [0.3, 0.4) is 0 Å². The molecule has 2 aromatic rings. The largest absolute Gasteiger partial charge is 0.511 e. The van der Waals surface area contributed by atoms with Crippen molar-refractivity contribution in [3.8, 4) is 11.5 Å². The van der Waals surface area contributed by atoms with E-state index in [1.54, 1.807) is 32.8 Å². The average Bonchev–Trinajstić information content (AvgIpc) is 3.33. The Bertz CT molecular complexity index is 1340. The van der Waals surface area contributed by atoms with Crippen molar-refractivity contribution < 1.29 is 38.0 Å². The van der Waals surface area contributed by atoms with Gasteiger partial charge in [0.1, 0.15) is 22.4 Å². The third-order valence-electron chi connectivity index (χ3n) is 6.83. The Morgan fingerprint density at radius 3 is 2.81 bits per heavy atom. The van der Waals surface area contributed by atoms with Crippen molar-refractivity contribution in [2.24, 2.45) is 5.92 Å². The summed E-state index contributed by atoms with van der Waals surface area (Å²) in [6.45, 7) is 6.80. The molecule has 0 bridgehead atoms. The Morgan fingerprint density at radius 2 is 2.11 bits per heavy atom. The second-order valence-corrected chi connectivity index (χ2v) is 10.5. The summed E-state index contributed by atoms with van der Waals surface area (Å²) in [5, 5.41) is 13.3. The molecule has 2 saturated heterocycles. The number of hydrogen-bond acceptors (Lipinski definition) is 9. The van der Waals surface area contributed by atoms with Crippen molar-refractivity contribution in [1.82, 2.24) is 9.99 Å². The number of halogens is 1. The van der Waals surface area contributed by atoms with Crippen LogP contribution >= 0.6 is 0 Å². The van der Waals surface area contributed by atoms with Crippen molar-refractivity contribution in [3.63, 3.8) is 0 Å². The van der Waals surface area contributed by atoms with Crippen LogP contribution in [0.1, 0.15) is 27.2 Å². The lowest BCUT2D eigenvalue weighted by Gasteiger charge is -2.34. The number of carbonyl (C=O) groups excluding carboxylic acids is 1. The van der Waals surface area contributed by atoms with Crippen LogP contribution in [0, 0.1) is 11.7 Å². The van der Waals surface area contributed by atoms with Gasteiger partial charge in [0.25, 0.3) is 0 Å². The molecular formula is C24H29FN4O8. The van der Waals surface area contributed by atoms with E-state index >= 15 is 4.39 Å². The van der Waals surface area contributed by atoms with Gasteiger partial charge < -0.3 is 34.3 Å². The minimum absolute atomic E-state index is 0.0181. The number of fused-ring (bicyclic) bond motifs is 1. The summed E-state index contributed by atoms with van der Waals surface area (Å²) in [5.41, 5.74) is -1.68. The molecule has 1 aromatic carbocycles. The van der Waals surface area contributed by atoms with Crippen molar-refractivity contribution in [2.45, 2.75) is 38.4 Å². The molecule has 12 nitrogen and oxygen atoms in total. The predicted octanol–water partition coefficient (Wildman–Crippen LogP) is 2.24. The number of anilines is 1. The Balaban J connectivity index is 1.51. The summed E-state index contributed by atoms with van der Waals surface area (Å²) < 4.78 is 39.2. The molecular weight excluding hydrogens is 491 g/mol. The normalized spacial score (nSPS) is 22.6. The van der Waals surface area contributed by atoms with Crippen molar-refractivity contribution >= 4 is 28.8 Å². The number of carbonyl (C=O) groups is 2. The number of aromatic nitrogens is 1. The maximum atomic E-state index is 15.7. The van der Waals surface area contributed by atoms with E-state index < -0.39 is 40.4 Å². The van der Waals surface area contributed by atoms with Crippen LogP contribution in [0.5, 0.6) is 11.5 Å². The van der Waals surface area contributed by atoms with Gasteiger partial charge >= 0.3 is 12.2 Å². The maximum Gasteiger partial charge on any atom is 0.511 e. The van der Waals surface area contributed by atoms with E-state index in [9.17, 15) is 14.4 Å². The summed E-state index contributed by atoms with van der Waals surface area (Å²) in [6, 6.07) is 1.07. The van der Waals surface area contributed by atoms with E-state index in [0.29, 0.717) is 18.7 Å². The molecule has 3 aliphatic heterocycles.